The molecule has 0 aliphatic carbocycles. The molecule has 0 bridgehead atoms. The van der Waals surface area contributed by atoms with Crippen molar-refractivity contribution < 1.29 is 14.7 Å². The second-order valence-electron chi connectivity index (χ2n) is 4.65. The molecule has 0 radical (unpaired) electrons. The van der Waals surface area contributed by atoms with E-state index in [-0.39, 0.29) is 17.6 Å². The molecule has 0 fully saturated rings. The lowest BCUT2D eigenvalue weighted by Gasteiger charge is -2.10. The van der Waals surface area contributed by atoms with Gasteiger partial charge in [-0.2, -0.15) is 0 Å². The van der Waals surface area contributed by atoms with E-state index in [9.17, 15) is 14.7 Å². The Morgan fingerprint density at radius 3 is 2.47 bits per heavy atom. The zero-order valence-electron chi connectivity index (χ0n) is 10.7. The van der Waals surface area contributed by atoms with E-state index in [0.29, 0.717) is 28.6 Å². The maximum atomic E-state index is 12.3. The molecule has 2 aromatic carbocycles. The molecular weight excluding hydrogens is 242 g/mol. The molecule has 0 aromatic heterocycles. The highest BCUT2D eigenvalue weighted by atomic mass is 16.3. The van der Waals surface area contributed by atoms with E-state index in [1.54, 1.807) is 32.0 Å². The first-order chi connectivity index (χ1) is 9.06. The van der Waals surface area contributed by atoms with E-state index in [1.165, 1.54) is 4.90 Å². The largest absolute Gasteiger partial charge is 0.508 e. The van der Waals surface area contributed by atoms with Crippen LogP contribution in [-0.2, 0) is 0 Å². The van der Waals surface area contributed by atoms with Crippen molar-refractivity contribution in [3.05, 3.63) is 41.0 Å². The number of aromatic hydroxyl groups is 1. The molecule has 0 saturated carbocycles. The van der Waals surface area contributed by atoms with Crippen molar-refractivity contribution in [2.45, 2.75) is 13.8 Å². The number of carbonyl (C=O) groups is 2. The van der Waals surface area contributed by atoms with Crippen molar-refractivity contribution in [3.8, 4) is 5.75 Å². The van der Waals surface area contributed by atoms with Crippen LogP contribution in [0.5, 0.6) is 5.75 Å². The molecule has 0 saturated heterocycles. The summed E-state index contributed by atoms with van der Waals surface area (Å²) in [6.07, 6.45) is 0. The maximum Gasteiger partial charge on any atom is 0.262 e. The Morgan fingerprint density at radius 1 is 1.11 bits per heavy atom. The summed E-state index contributed by atoms with van der Waals surface area (Å²) in [6.45, 7) is 3.88. The first kappa shape index (κ1) is 11.7. The number of rotatable bonds is 1. The van der Waals surface area contributed by atoms with Gasteiger partial charge in [0, 0.05) is 11.9 Å². The topological polar surface area (TPSA) is 57.6 Å². The van der Waals surface area contributed by atoms with Gasteiger partial charge < -0.3 is 5.11 Å². The Labute approximate surface area is 110 Å². The highest BCUT2D eigenvalue weighted by Gasteiger charge is 2.36. The normalized spacial score (nSPS) is 14.3. The molecule has 0 spiro atoms. The SMILES string of the molecule is CCN1C(=O)c2ccc3ccc(O)c(C)c3c2C1=O. The Hall–Kier alpha value is -2.36. The van der Waals surface area contributed by atoms with Gasteiger partial charge >= 0.3 is 0 Å². The second kappa shape index (κ2) is 3.82. The molecule has 96 valence electrons. The number of hydrogen-bond donors (Lipinski definition) is 1. The molecule has 0 unspecified atom stereocenters. The van der Waals surface area contributed by atoms with E-state index in [0.717, 1.165) is 5.39 Å². The predicted molar refractivity (Wildman–Crippen MR) is 71.4 cm³/mol. The van der Waals surface area contributed by atoms with Gasteiger partial charge in [-0.1, -0.05) is 12.1 Å². The first-order valence-electron chi connectivity index (χ1n) is 6.17. The van der Waals surface area contributed by atoms with Crippen LogP contribution in [0.3, 0.4) is 0 Å². The number of phenolic OH excluding ortho intramolecular Hbond substituents is 1. The van der Waals surface area contributed by atoms with Gasteiger partial charge in [-0.15, -0.1) is 0 Å². The molecular formula is C15H13NO3. The lowest BCUT2D eigenvalue weighted by molar-refractivity contribution is 0.0663. The zero-order valence-corrected chi connectivity index (χ0v) is 10.7. The summed E-state index contributed by atoms with van der Waals surface area (Å²) < 4.78 is 0. The fourth-order valence-corrected chi connectivity index (χ4v) is 2.64. The minimum atomic E-state index is -0.276. The Bertz CT molecular complexity index is 734. The number of fused-ring (bicyclic) bond motifs is 3. The Kier molecular flexibility index (Phi) is 2.35. The van der Waals surface area contributed by atoms with E-state index in [4.69, 9.17) is 0 Å². The molecule has 0 atom stereocenters. The van der Waals surface area contributed by atoms with Crippen LogP contribution in [-0.4, -0.2) is 28.4 Å². The maximum absolute atomic E-state index is 12.3. The summed E-state index contributed by atoms with van der Waals surface area (Å²) in [5.41, 5.74) is 1.47. The van der Waals surface area contributed by atoms with Gasteiger partial charge in [-0.05, 0) is 36.9 Å². The summed E-state index contributed by atoms with van der Waals surface area (Å²) in [4.78, 5) is 25.7. The number of aryl methyl sites for hydroxylation is 1. The molecule has 1 heterocycles. The number of phenols is 1. The van der Waals surface area contributed by atoms with Crippen molar-refractivity contribution in [2.24, 2.45) is 0 Å². The number of carbonyl (C=O) groups excluding carboxylic acids is 2. The first-order valence-corrected chi connectivity index (χ1v) is 6.17. The monoisotopic (exact) mass is 255 g/mol. The molecule has 2 aromatic rings. The third-order valence-electron chi connectivity index (χ3n) is 3.67. The molecule has 1 aliphatic rings. The fourth-order valence-electron chi connectivity index (χ4n) is 2.64. The van der Waals surface area contributed by atoms with Gasteiger partial charge in [0.15, 0.2) is 0 Å². The highest BCUT2D eigenvalue weighted by molar-refractivity contribution is 6.27. The van der Waals surface area contributed by atoms with Crippen molar-refractivity contribution in [3.63, 3.8) is 0 Å². The van der Waals surface area contributed by atoms with Gasteiger partial charge in [0.2, 0.25) is 0 Å². The van der Waals surface area contributed by atoms with Crippen LogP contribution in [0.4, 0.5) is 0 Å². The van der Waals surface area contributed by atoms with Crippen LogP contribution in [0.1, 0.15) is 33.2 Å². The second-order valence-corrected chi connectivity index (χ2v) is 4.65. The minimum absolute atomic E-state index is 0.135. The van der Waals surface area contributed by atoms with Crippen molar-refractivity contribution >= 4 is 22.6 Å². The number of hydrogen-bond acceptors (Lipinski definition) is 3. The van der Waals surface area contributed by atoms with E-state index in [1.807, 2.05) is 6.07 Å². The van der Waals surface area contributed by atoms with Gasteiger partial charge in [-0.25, -0.2) is 0 Å². The zero-order chi connectivity index (χ0) is 13.7. The smallest absolute Gasteiger partial charge is 0.262 e. The van der Waals surface area contributed by atoms with Gasteiger partial charge in [0.25, 0.3) is 11.8 Å². The van der Waals surface area contributed by atoms with Crippen LogP contribution in [0.25, 0.3) is 10.8 Å². The van der Waals surface area contributed by atoms with Crippen molar-refractivity contribution in [1.82, 2.24) is 4.90 Å². The summed E-state index contributed by atoms with van der Waals surface area (Å²) in [7, 11) is 0. The van der Waals surface area contributed by atoms with E-state index >= 15 is 0 Å². The van der Waals surface area contributed by atoms with Crippen LogP contribution in [0.15, 0.2) is 24.3 Å². The molecule has 1 N–H and O–H groups in total. The summed E-state index contributed by atoms with van der Waals surface area (Å²) in [6, 6.07) is 6.85. The van der Waals surface area contributed by atoms with Crippen LogP contribution < -0.4 is 0 Å². The highest BCUT2D eigenvalue weighted by Crippen LogP contribution is 2.35. The van der Waals surface area contributed by atoms with Crippen molar-refractivity contribution in [2.75, 3.05) is 6.54 Å². The van der Waals surface area contributed by atoms with Crippen LogP contribution in [0, 0.1) is 6.92 Å². The minimum Gasteiger partial charge on any atom is -0.508 e. The van der Waals surface area contributed by atoms with Crippen LogP contribution in [0.2, 0.25) is 0 Å². The summed E-state index contributed by atoms with van der Waals surface area (Å²) in [5, 5.41) is 11.3. The number of benzene rings is 2. The van der Waals surface area contributed by atoms with Gasteiger partial charge in [-0.3, -0.25) is 14.5 Å². The van der Waals surface area contributed by atoms with Gasteiger partial charge in [0.1, 0.15) is 5.75 Å². The van der Waals surface area contributed by atoms with Gasteiger partial charge in [0.05, 0.1) is 11.1 Å². The lowest BCUT2D eigenvalue weighted by atomic mass is 9.96. The fraction of sp³-hybridized carbons (Fsp3) is 0.200. The summed E-state index contributed by atoms with van der Waals surface area (Å²) >= 11 is 0. The van der Waals surface area contributed by atoms with E-state index < -0.39 is 0 Å². The molecule has 4 nitrogen and oxygen atoms in total. The lowest BCUT2D eigenvalue weighted by Crippen LogP contribution is -2.29. The Balaban J connectivity index is 2.44. The standard InChI is InChI=1S/C15H13NO3/c1-3-16-14(18)10-6-4-9-5-7-11(17)8(2)12(9)13(10)15(16)19/h4-7,17H,3H2,1-2H3. The molecule has 4 heteroatoms. The summed E-state index contributed by atoms with van der Waals surface area (Å²) in [5.74, 6) is -0.398. The molecule has 2 amide bonds. The average Bonchev–Trinajstić information content (AvgIpc) is 2.65. The van der Waals surface area contributed by atoms with E-state index in [2.05, 4.69) is 0 Å². The number of nitrogens with zero attached hydrogens (tertiary/aromatic N) is 1. The predicted octanol–water partition coefficient (Wildman–Crippen LogP) is 2.47. The molecule has 19 heavy (non-hydrogen) atoms. The average molecular weight is 255 g/mol. The van der Waals surface area contributed by atoms with Crippen LogP contribution >= 0.6 is 0 Å². The molecule has 1 aliphatic heterocycles. The number of imide groups is 1. The number of amides is 2. The van der Waals surface area contributed by atoms with Crippen molar-refractivity contribution in [1.29, 1.82) is 0 Å². The third kappa shape index (κ3) is 1.40. The third-order valence-corrected chi connectivity index (χ3v) is 3.67. The molecule has 3 rings (SSSR count). The Morgan fingerprint density at radius 2 is 1.79 bits per heavy atom. The quantitative estimate of drug-likeness (QED) is 0.796.